The Morgan fingerprint density at radius 3 is 2.75 bits per heavy atom. The minimum atomic E-state index is -0.189. The van der Waals surface area contributed by atoms with Crippen LogP contribution in [-0.4, -0.2) is 33.9 Å². The SMILES string of the molecule is O=C(NCCCNCc1cccnc1)c1cnccn1. The highest BCUT2D eigenvalue weighted by Crippen LogP contribution is 1.94. The van der Waals surface area contributed by atoms with Crippen molar-refractivity contribution in [3.8, 4) is 0 Å². The summed E-state index contributed by atoms with van der Waals surface area (Å²) in [6.07, 6.45) is 8.94. The van der Waals surface area contributed by atoms with E-state index in [1.54, 1.807) is 12.4 Å². The summed E-state index contributed by atoms with van der Waals surface area (Å²) in [5.74, 6) is -0.189. The van der Waals surface area contributed by atoms with Gasteiger partial charge in [-0.2, -0.15) is 0 Å². The lowest BCUT2D eigenvalue weighted by Crippen LogP contribution is -2.28. The van der Waals surface area contributed by atoms with Crippen LogP contribution in [0.1, 0.15) is 22.5 Å². The normalized spacial score (nSPS) is 10.2. The lowest BCUT2D eigenvalue weighted by atomic mass is 10.3. The second kappa shape index (κ2) is 7.96. The van der Waals surface area contributed by atoms with E-state index in [1.165, 1.54) is 12.4 Å². The maximum atomic E-state index is 11.7. The summed E-state index contributed by atoms with van der Waals surface area (Å²) in [4.78, 5) is 23.5. The van der Waals surface area contributed by atoms with Gasteiger partial charge in [0.25, 0.3) is 5.91 Å². The van der Waals surface area contributed by atoms with Crippen LogP contribution in [0.5, 0.6) is 0 Å². The van der Waals surface area contributed by atoms with Crippen LogP contribution < -0.4 is 10.6 Å². The van der Waals surface area contributed by atoms with Gasteiger partial charge in [-0.1, -0.05) is 6.07 Å². The standard InChI is InChI=1S/C14H17N5O/c20-14(13-11-17-7-8-18-13)19-6-2-5-16-10-12-3-1-4-15-9-12/h1,3-4,7-9,11,16H,2,5-6,10H2,(H,19,20). The molecule has 2 rings (SSSR count). The highest BCUT2D eigenvalue weighted by molar-refractivity contribution is 5.91. The highest BCUT2D eigenvalue weighted by Gasteiger charge is 2.04. The zero-order valence-corrected chi connectivity index (χ0v) is 11.1. The van der Waals surface area contributed by atoms with E-state index in [-0.39, 0.29) is 5.91 Å². The van der Waals surface area contributed by atoms with Crippen molar-refractivity contribution < 1.29 is 4.79 Å². The van der Waals surface area contributed by atoms with Crippen molar-refractivity contribution in [3.63, 3.8) is 0 Å². The fraction of sp³-hybridized carbons (Fsp3) is 0.286. The van der Waals surface area contributed by atoms with Crippen LogP contribution in [0.4, 0.5) is 0 Å². The molecule has 0 aliphatic heterocycles. The second-order valence-corrected chi connectivity index (χ2v) is 4.24. The minimum Gasteiger partial charge on any atom is -0.351 e. The predicted octanol–water partition coefficient (Wildman–Crippen LogP) is 0.781. The van der Waals surface area contributed by atoms with Crippen molar-refractivity contribution in [1.82, 2.24) is 25.6 Å². The molecule has 0 aromatic carbocycles. The lowest BCUT2D eigenvalue weighted by molar-refractivity contribution is 0.0948. The first-order chi connectivity index (χ1) is 9.86. The molecule has 0 spiro atoms. The molecule has 0 saturated carbocycles. The third-order valence-electron chi connectivity index (χ3n) is 2.66. The van der Waals surface area contributed by atoms with Gasteiger partial charge in [0.15, 0.2) is 0 Å². The van der Waals surface area contributed by atoms with Gasteiger partial charge in [0.05, 0.1) is 6.20 Å². The van der Waals surface area contributed by atoms with Gasteiger partial charge in [0, 0.05) is 37.9 Å². The van der Waals surface area contributed by atoms with Crippen LogP contribution in [-0.2, 0) is 6.54 Å². The average Bonchev–Trinajstić information content (AvgIpc) is 2.52. The molecule has 6 heteroatoms. The summed E-state index contributed by atoms with van der Waals surface area (Å²) in [5, 5.41) is 6.10. The van der Waals surface area contributed by atoms with E-state index in [1.807, 2.05) is 18.3 Å². The monoisotopic (exact) mass is 271 g/mol. The lowest BCUT2D eigenvalue weighted by Gasteiger charge is -2.06. The molecule has 0 bridgehead atoms. The van der Waals surface area contributed by atoms with Gasteiger partial charge in [-0.25, -0.2) is 4.98 Å². The van der Waals surface area contributed by atoms with Gasteiger partial charge in [-0.05, 0) is 24.6 Å². The van der Waals surface area contributed by atoms with E-state index in [9.17, 15) is 4.79 Å². The first-order valence-corrected chi connectivity index (χ1v) is 6.50. The molecule has 2 N–H and O–H groups in total. The number of nitrogens with one attached hydrogen (secondary N) is 2. The van der Waals surface area contributed by atoms with Gasteiger partial charge < -0.3 is 10.6 Å². The largest absolute Gasteiger partial charge is 0.351 e. The number of nitrogens with zero attached hydrogens (tertiary/aromatic N) is 3. The van der Waals surface area contributed by atoms with Crippen molar-refractivity contribution in [3.05, 3.63) is 54.4 Å². The molecule has 0 aliphatic carbocycles. The van der Waals surface area contributed by atoms with Gasteiger partial charge >= 0.3 is 0 Å². The highest BCUT2D eigenvalue weighted by atomic mass is 16.1. The Hall–Kier alpha value is -2.34. The van der Waals surface area contributed by atoms with Crippen LogP contribution in [0, 0.1) is 0 Å². The summed E-state index contributed by atoms with van der Waals surface area (Å²) in [7, 11) is 0. The summed E-state index contributed by atoms with van der Waals surface area (Å²) in [6, 6.07) is 3.94. The van der Waals surface area contributed by atoms with Crippen molar-refractivity contribution >= 4 is 5.91 Å². The fourth-order valence-electron chi connectivity index (χ4n) is 1.66. The second-order valence-electron chi connectivity index (χ2n) is 4.24. The quantitative estimate of drug-likeness (QED) is 0.727. The molecule has 0 radical (unpaired) electrons. The van der Waals surface area contributed by atoms with E-state index in [0.29, 0.717) is 12.2 Å². The zero-order chi connectivity index (χ0) is 14.0. The Labute approximate surface area is 117 Å². The minimum absolute atomic E-state index is 0.189. The van der Waals surface area contributed by atoms with E-state index in [0.717, 1.165) is 25.1 Å². The smallest absolute Gasteiger partial charge is 0.271 e. The molecule has 0 aliphatic rings. The van der Waals surface area contributed by atoms with E-state index in [4.69, 9.17) is 0 Å². The van der Waals surface area contributed by atoms with Crippen LogP contribution in [0.3, 0.4) is 0 Å². The molecule has 2 heterocycles. The molecule has 2 aromatic rings. The van der Waals surface area contributed by atoms with Crippen LogP contribution in [0.2, 0.25) is 0 Å². The van der Waals surface area contributed by atoms with E-state index in [2.05, 4.69) is 25.6 Å². The number of rotatable bonds is 7. The molecule has 6 nitrogen and oxygen atoms in total. The number of carbonyl (C=O) groups excluding carboxylic acids is 1. The molecule has 0 saturated heterocycles. The Kier molecular flexibility index (Phi) is 5.60. The molecule has 0 fully saturated rings. The Morgan fingerprint density at radius 2 is 2.00 bits per heavy atom. The summed E-state index contributed by atoms with van der Waals surface area (Å²) in [6.45, 7) is 2.22. The topological polar surface area (TPSA) is 79.8 Å². The van der Waals surface area contributed by atoms with Crippen molar-refractivity contribution in [2.75, 3.05) is 13.1 Å². The number of carbonyl (C=O) groups is 1. The fourth-order valence-corrected chi connectivity index (χ4v) is 1.66. The first kappa shape index (κ1) is 14.1. The number of aromatic nitrogens is 3. The third kappa shape index (κ3) is 4.74. The third-order valence-corrected chi connectivity index (χ3v) is 2.66. The van der Waals surface area contributed by atoms with Crippen molar-refractivity contribution in [2.24, 2.45) is 0 Å². The molecule has 0 unspecified atom stereocenters. The molecule has 104 valence electrons. The number of hydrogen-bond acceptors (Lipinski definition) is 5. The van der Waals surface area contributed by atoms with Crippen LogP contribution >= 0.6 is 0 Å². The summed E-state index contributed by atoms with van der Waals surface area (Å²) in [5.41, 5.74) is 1.49. The maximum absolute atomic E-state index is 11.7. The van der Waals surface area contributed by atoms with Crippen LogP contribution in [0.15, 0.2) is 43.1 Å². The molecule has 0 atom stereocenters. The van der Waals surface area contributed by atoms with Gasteiger partial charge in [-0.3, -0.25) is 14.8 Å². The molecular formula is C14H17N5O. The zero-order valence-electron chi connectivity index (χ0n) is 11.1. The van der Waals surface area contributed by atoms with Crippen molar-refractivity contribution in [2.45, 2.75) is 13.0 Å². The summed E-state index contributed by atoms with van der Waals surface area (Å²) >= 11 is 0. The number of hydrogen-bond donors (Lipinski definition) is 2. The van der Waals surface area contributed by atoms with Gasteiger partial charge in [0.2, 0.25) is 0 Å². The Balaban J connectivity index is 1.57. The average molecular weight is 271 g/mol. The van der Waals surface area contributed by atoms with Crippen molar-refractivity contribution in [1.29, 1.82) is 0 Å². The molecule has 2 aromatic heterocycles. The maximum Gasteiger partial charge on any atom is 0.271 e. The molecular weight excluding hydrogens is 254 g/mol. The Morgan fingerprint density at radius 1 is 1.10 bits per heavy atom. The Bertz CT molecular complexity index is 518. The number of pyridine rings is 1. The molecule has 20 heavy (non-hydrogen) atoms. The molecule has 1 amide bonds. The number of amides is 1. The predicted molar refractivity (Wildman–Crippen MR) is 74.9 cm³/mol. The van der Waals surface area contributed by atoms with Crippen LogP contribution in [0.25, 0.3) is 0 Å². The van der Waals surface area contributed by atoms with E-state index < -0.39 is 0 Å². The van der Waals surface area contributed by atoms with Gasteiger partial charge in [-0.15, -0.1) is 0 Å². The van der Waals surface area contributed by atoms with E-state index >= 15 is 0 Å². The summed E-state index contributed by atoms with van der Waals surface area (Å²) < 4.78 is 0. The first-order valence-electron chi connectivity index (χ1n) is 6.50. The van der Waals surface area contributed by atoms with Gasteiger partial charge in [0.1, 0.15) is 5.69 Å².